The molecule has 60 heavy (non-hydrogen) atoms. The van der Waals surface area contributed by atoms with E-state index >= 15 is 0 Å². The van der Waals surface area contributed by atoms with Gasteiger partial charge in [-0.05, 0) is 112 Å². The first-order valence-electron chi connectivity index (χ1n) is 20.6. The normalized spacial score (nSPS) is 12.3. The Morgan fingerprint density at radius 2 is 0.533 bits per heavy atom. The highest BCUT2D eigenvalue weighted by Crippen LogP contribution is 2.51. The largest absolute Gasteiger partial charge is 0.456 e. The van der Waals surface area contributed by atoms with Crippen LogP contribution in [0, 0.1) is 0 Å². The van der Waals surface area contributed by atoms with Crippen molar-refractivity contribution in [2.45, 2.75) is 0 Å². The topological polar surface area (TPSA) is 18.5 Å². The number of fused-ring (bicyclic) bond motifs is 6. The molecule has 2 heteroatoms. The number of benzene rings is 11. The van der Waals surface area contributed by atoms with E-state index in [0.717, 1.165) is 34.1 Å². The third-order valence-electron chi connectivity index (χ3n) is 12.7. The third-order valence-corrected chi connectivity index (χ3v) is 12.7. The molecule has 0 radical (unpaired) electrons. The monoisotopic (exact) mass is 762 g/mol. The van der Waals surface area contributed by atoms with Gasteiger partial charge >= 0.3 is 0 Å². The van der Waals surface area contributed by atoms with Crippen LogP contribution in [0.3, 0.4) is 0 Å². The van der Waals surface area contributed by atoms with Crippen LogP contribution >= 0.6 is 0 Å². The molecule has 0 aliphatic carbocycles. The second kappa shape index (κ2) is 12.8. The van der Waals surface area contributed by atoms with E-state index in [4.69, 9.17) is 9.47 Å². The first-order chi connectivity index (χ1) is 29.8. The zero-order valence-corrected chi connectivity index (χ0v) is 32.4. The van der Waals surface area contributed by atoms with Crippen LogP contribution in [-0.2, 0) is 0 Å². The summed E-state index contributed by atoms with van der Waals surface area (Å²) in [6.07, 6.45) is 0. The Kier molecular flexibility index (Phi) is 7.05. The summed E-state index contributed by atoms with van der Waals surface area (Å²) in [7, 11) is 0. The zero-order chi connectivity index (χ0) is 39.3. The minimum atomic E-state index is 0.906. The minimum Gasteiger partial charge on any atom is -0.456 e. The van der Waals surface area contributed by atoms with Gasteiger partial charge in [-0.2, -0.15) is 0 Å². The molecule has 13 rings (SSSR count). The van der Waals surface area contributed by atoms with Crippen LogP contribution in [-0.4, -0.2) is 0 Å². The van der Waals surface area contributed by atoms with Gasteiger partial charge in [0.05, 0.1) is 0 Å². The van der Waals surface area contributed by atoms with Crippen molar-refractivity contribution in [3.63, 3.8) is 0 Å². The molecule has 0 saturated carbocycles. The van der Waals surface area contributed by atoms with E-state index < -0.39 is 0 Å². The third kappa shape index (κ3) is 4.82. The molecule has 0 spiro atoms. The van der Waals surface area contributed by atoms with E-state index in [0.29, 0.717) is 0 Å². The summed E-state index contributed by atoms with van der Waals surface area (Å²) in [6, 6.07) is 74.5. The maximum Gasteiger partial charge on any atom is 0.135 e. The number of ether oxygens (including phenoxy) is 2. The SMILES string of the molecule is c1ccc2c(c1)Oc1ccc(-c3ccc(-c4c5ccccc5c(-c5ccc(-c6ccc7c8c(cccc68)-c6ccccc6O7)cc5)c5ccccc45)cc3)c3cccc-2c13. The van der Waals surface area contributed by atoms with Crippen LogP contribution in [0.25, 0.3) is 110 Å². The van der Waals surface area contributed by atoms with Gasteiger partial charge in [-0.15, -0.1) is 0 Å². The first-order valence-corrected chi connectivity index (χ1v) is 20.6. The van der Waals surface area contributed by atoms with E-state index in [2.05, 4.69) is 182 Å². The zero-order valence-electron chi connectivity index (χ0n) is 32.4. The standard InChI is InChI=1S/C58H34O2/c1-2-14-48-47(13-1)55(37-27-23-35(24-28-37)39-31-33-53-57-43(39)17-9-19-45(57)41-11-5-7-21-51(41)59-53)49-15-3-4-16-50(49)56(48)38-29-25-36(26-30-38)40-32-34-54-58-44(40)18-10-20-46(58)42-12-6-8-22-52(42)60-54/h1-34H. The number of para-hydroxylation sites is 2. The van der Waals surface area contributed by atoms with Gasteiger partial charge < -0.3 is 9.47 Å². The van der Waals surface area contributed by atoms with Gasteiger partial charge in [-0.25, -0.2) is 0 Å². The fourth-order valence-electron chi connectivity index (χ4n) is 10.0. The van der Waals surface area contributed by atoms with E-state index in [1.807, 2.05) is 24.3 Å². The molecule has 11 aromatic carbocycles. The lowest BCUT2D eigenvalue weighted by Crippen LogP contribution is -1.97. The van der Waals surface area contributed by atoms with Crippen molar-refractivity contribution in [3.8, 4) is 89.8 Å². The summed E-state index contributed by atoms with van der Waals surface area (Å²) in [5.41, 5.74) is 14.4. The van der Waals surface area contributed by atoms with E-state index in [9.17, 15) is 0 Å². The van der Waals surface area contributed by atoms with Crippen LogP contribution < -0.4 is 9.47 Å². The summed E-state index contributed by atoms with van der Waals surface area (Å²) in [5.74, 6) is 3.63. The quantitative estimate of drug-likeness (QED) is 0.166. The fraction of sp³-hybridized carbons (Fsp3) is 0. The fourth-order valence-corrected chi connectivity index (χ4v) is 10.0. The highest BCUT2D eigenvalue weighted by Gasteiger charge is 2.24. The van der Waals surface area contributed by atoms with Crippen LogP contribution in [0.15, 0.2) is 206 Å². The molecular weight excluding hydrogens is 729 g/mol. The van der Waals surface area contributed by atoms with E-state index in [1.165, 1.54) is 98.7 Å². The van der Waals surface area contributed by atoms with Gasteiger partial charge in [0, 0.05) is 21.9 Å². The molecule has 0 atom stereocenters. The van der Waals surface area contributed by atoms with Crippen LogP contribution in [0.1, 0.15) is 0 Å². The Labute approximate surface area is 347 Å². The van der Waals surface area contributed by atoms with Crippen molar-refractivity contribution < 1.29 is 9.47 Å². The first kappa shape index (κ1) is 33.1. The maximum atomic E-state index is 6.40. The lowest BCUT2D eigenvalue weighted by molar-refractivity contribution is 0.487. The molecular formula is C58H34O2. The highest BCUT2D eigenvalue weighted by atomic mass is 16.5. The number of hydrogen-bond acceptors (Lipinski definition) is 2. The van der Waals surface area contributed by atoms with Gasteiger partial charge in [0.2, 0.25) is 0 Å². The molecule has 0 N–H and O–H groups in total. The van der Waals surface area contributed by atoms with Gasteiger partial charge in [-0.1, -0.05) is 182 Å². The predicted molar refractivity (Wildman–Crippen MR) is 249 cm³/mol. The van der Waals surface area contributed by atoms with Crippen molar-refractivity contribution in [3.05, 3.63) is 206 Å². The Morgan fingerprint density at radius 1 is 0.200 bits per heavy atom. The average Bonchev–Trinajstić information content (AvgIpc) is 3.31. The van der Waals surface area contributed by atoms with Crippen molar-refractivity contribution in [1.29, 1.82) is 0 Å². The van der Waals surface area contributed by atoms with Gasteiger partial charge in [0.1, 0.15) is 23.0 Å². The van der Waals surface area contributed by atoms with Crippen molar-refractivity contribution >= 4 is 43.1 Å². The van der Waals surface area contributed by atoms with Crippen LogP contribution in [0.5, 0.6) is 23.0 Å². The number of rotatable bonds is 4. The molecule has 278 valence electrons. The number of hydrogen-bond donors (Lipinski definition) is 0. The summed E-state index contributed by atoms with van der Waals surface area (Å²) in [5, 5.41) is 9.69. The molecule has 0 unspecified atom stereocenters. The van der Waals surface area contributed by atoms with Gasteiger partial charge in [-0.3, -0.25) is 0 Å². The molecule has 2 heterocycles. The molecule has 2 nitrogen and oxygen atoms in total. The Bertz CT molecular complexity index is 3280. The molecule has 0 bridgehead atoms. The molecule has 0 aromatic heterocycles. The Morgan fingerprint density at radius 3 is 0.950 bits per heavy atom. The van der Waals surface area contributed by atoms with E-state index in [-0.39, 0.29) is 0 Å². The van der Waals surface area contributed by atoms with Crippen molar-refractivity contribution in [2.24, 2.45) is 0 Å². The smallest absolute Gasteiger partial charge is 0.135 e. The minimum absolute atomic E-state index is 0.906. The molecule has 0 saturated heterocycles. The Balaban J connectivity index is 0.913. The van der Waals surface area contributed by atoms with Gasteiger partial charge in [0.15, 0.2) is 0 Å². The molecule has 2 aliphatic rings. The van der Waals surface area contributed by atoms with Crippen molar-refractivity contribution in [2.75, 3.05) is 0 Å². The lowest BCUT2D eigenvalue weighted by Gasteiger charge is -2.22. The van der Waals surface area contributed by atoms with E-state index in [1.54, 1.807) is 0 Å². The molecule has 11 aromatic rings. The average molecular weight is 763 g/mol. The molecule has 0 fully saturated rings. The van der Waals surface area contributed by atoms with Crippen LogP contribution in [0.2, 0.25) is 0 Å². The highest BCUT2D eigenvalue weighted by molar-refractivity contribution is 6.21. The summed E-state index contributed by atoms with van der Waals surface area (Å²) in [6.45, 7) is 0. The van der Waals surface area contributed by atoms with Gasteiger partial charge in [0.25, 0.3) is 0 Å². The second-order valence-corrected chi connectivity index (χ2v) is 15.9. The van der Waals surface area contributed by atoms with Crippen molar-refractivity contribution in [1.82, 2.24) is 0 Å². The predicted octanol–water partition coefficient (Wildman–Crippen LogP) is 16.5. The maximum absolute atomic E-state index is 6.40. The summed E-state index contributed by atoms with van der Waals surface area (Å²) in [4.78, 5) is 0. The second-order valence-electron chi connectivity index (χ2n) is 15.9. The van der Waals surface area contributed by atoms with Crippen LogP contribution in [0.4, 0.5) is 0 Å². The summed E-state index contributed by atoms with van der Waals surface area (Å²) < 4.78 is 12.8. The lowest BCUT2D eigenvalue weighted by atomic mass is 9.85. The Hall–Kier alpha value is -7.94. The molecule has 2 aliphatic heterocycles. The summed E-state index contributed by atoms with van der Waals surface area (Å²) >= 11 is 0. The molecule has 0 amide bonds.